The normalized spacial score (nSPS) is 10.2. The van der Waals surface area contributed by atoms with Crippen LogP contribution in [0, 0.1) is 6.42 Å². The first-order valence-electron chi connectivity index (χ1n) is 4.73. The van der Waals surface area contributed by atoms with Gasteiger partial charge in [0.1, 0.15) is 0 Å². The van der Waals surface area contributed by atoms with E-state index in [9.17, 15) is 0 Å². The predicted molar refractivity (Wildman–Crippen MR) is 54.3 cm³/mol. The molecule has 0 heteroatoms. The Morgan fingerprint density at radius 1 is 1.17 bits per heavy atom. The molecule has 0 heterocycles. The van der Waals surface area contributed by atoms with Gasteiger partial charge in [-0.2, -0.15) is 0 Å². The number of hydrogen-bond donors (Lipinski definition) is 0. The maximum Gasteiger partial charge on any atom is -0.0121 e. The topological polar surface area (TPSA) is 0 Å². The average molecular weight is 161 g/mol. The minimum absolute atomic E-state index is 1.13. The molecule has 0 fully saturated rings. The largest absolute Gasteiger partial charge is 0.0613 e. The van der Waals surface area contributed by atoms with E-state index in [4.69, 9.17) is 0 Å². The molecule has 0 atom stereocenters. The summed E-state index contributed by atoms with van der Waals surface area (Å²) in [7, 11) is 0. The van der Waals surface area contributed by atoms with Crippen LogP contribution in [0.5, 0.6) is 0 Å². The summed E-state index contributed by atoms with van der Waals surface area (Å²) >= 11 is 0. The molecule has 1 rings (SSSR count). The van der Waals surface area contributed by atoms with Gasteiger partial charge in [0.25, 0.3) is 0 Å². The third-order valence-corrected chi connectivity index (χ3v) is 2.31. The second-order valence-electron chi connectivity index (χ2n) is 3.03. The molecule has 1 aromatic carbocycles. The lowest BCUT2D eigenvalue weighted by Crippen LogP contribution is -1.91. The quantitative estimate of drug-likeness (QED) is 0.637. The second kappa shape index (κ2) is 4.30. The molecule has 1 aromatic rings. The Kier molecular flexibility index (Phi) is 3.33. The fourth-order valence-corrected chi connectivity index (χ4v) is 1.47. The Labute approximate surface area is 75.6 Å². The first-order chi connectivity index (χ1) is 5.81. The van der Waals surface area contributed by atoms with E-state index >= 15 is 0 Å². The summed E-state index contributed by atoms with van der Waals surface area (Å²) in [6, 6.07) is 6.75. The maximum atomic E-state index is 2.31. The molecule has 0 saturated heterocycles. The zero-order valence-electron chi connectivity index (χ0n) is 8.22. The van der Waals surface area contributed by atoms with Gasteiger partial charge in [-0.1, -0.05) is 39.0 Å². The molecule has 0 unspecified atom stereocenters. The van der Waals surface area contributed by atoms with E-state index in [1.54, 1.807) is 0 Å². The van der Waals surface area contributed by atoms with Gasteiger partial charge in [-0.3, -0.25) is 0 Å². The van der Waals surface area contributed by atoms with Crippen molar-refractivity contribution in [2.75, 3.05) is 0 Å². The fraction of sp³-hybridized carbons (Fsp3) is 0.417. The van der Waals surface area contributed by atoms with Crippen molar-refractivity contribution in [2.45, 2.75) is 33.6 Å². The van der Waals surface area contributed by atoms with E-state index in [0.29, 0.717) is 0 Å². The smallest absolute Gasteiger partial charge is 0.0121 e. The third-order valence-electron chi connectivity index (χ3n) is 2.31. The van der Waals surface area contributed by atoms with Crippen LogP contribution in [0.25, 0.3) is 0 Å². The van der Waals surface area contributed by atoms with Gasteiger partial charge in [-0.25, -0.2) is 0 Å². The van der Waals surface area contributed by atoms with Crippen LogP contribution in [-0.2, 0) is 12.8 Å². The van der Waals surface area contributed by atoms with Gasteiger partial charge in [0.15, 0.2) is 0 Å². The fourth-order valence-electron chi connectivity index (χ4n) is 1.47. The monoisotopic (exact) mass is 161 g/mol. The molecule has 0 aromatic heterocycles. The standard InChI is InChI=1S/C12H17/c1-4-10-7-8-11(5-2)12(6-3)9-10/h5,7-9H,4,6H2,1-3H3. The molecule has 0 aliphatic carbocycles. The summed E-state index contributed by atoms with van der Waals surface area (Å²) in [6.07, 6.45) is 4.45. The molecule has 0 saturated carbocycles. The van der Waals surface area contributed by atoms with E-state index < -0.39 is 0 Å². The van der Waals surface area contributed by atoms with Crippen LogP contribution in [-0.4, -0.2) is 0 Å². The Hall–Kier alpha value is -0.780. The van der Waals surface area contributed by atoms with E-state index in [2.05, 4.69) is 45.4 Å². The van der Waals surface area contributed by atoms with Crippen molar-refractivity contribution in [3.8, 4) is 0 Å². The van der Waals surface area contributed by atoms with Gasteiger partial charge in [-0.15, -0.1) is 0 Å². The van der Waals surface area contributed by atoms with Crippen molar-refractivity contribution >= 4 is 0 Å². The molecule has 0 nitrogen and oxygen atoms in total. The molecule has 0 aliphatic rings. The van der Waals surface area contributed by atoms with E-state index in [1.807, 2.05) is 0 Å². The number of rotatable bonds is 3. The van der Waals surface area contributed by atoms with Crippen molar-refractivity contribution < 1.29 is 0 Å². The zero-order chi connectivity index (χ0) is 8.97. The molecule has 12 heavy (non-hydrogen) atoms. The number of aryl methyl sites for hydroxylation is 2. The average Bonchev–Trinajstić information content (AvgIpc) is 2.16. The summed E-state index contributed by atoms with van der Waals surface area (Å²) in [6.45, 7) is 6.51. The number of benzene rings is 1. The lowest BCUT2D eigenvalue weighted by molar-refractivity contribution is 1.07. The van der Waals surface area contributed by atoms with E-state index in [1.165, 1.54) is 16.7 Å². The Bertz CT molecular complexity index is 248. The SMILES string of the molecule is C[CH]c1ccc(CC)cc1CC. The molecule has 0 N–H and O–H groups in total. The molecule has 0 aliphatic heterocycles. The van der Waals surface area contributed by atoms with Gasteiger partial charge in [0.05, 0.1) is 0 Å². The lowest BCUT2D eigenvalue weighted by atomic mass is 9.99. The first kappa shape index (κ1) is 9.31. The zero-order valence-corrected chi connectivity index (χ0v) is 8.22. The van der Waals surface area contributed by atoms with Crippen LogP contribution in [0.15, 0.2) is 18.2 Å². The third kappa shape index (κ3) is 1.88. The van der Waals surface area contributed by atoms with Crippen LogP contribution in [0.1, 0.15) is 37.5 Å². The van der Waals surface area contributed by atoms with Gasteiger partial charge in [0.2, 0.25) is 0 Å². The lowest BCUT2D eigenvalue weighted by Gasteiger charge is -2.06. The molecular formula is C12H17. The van der Waals surface area contributed by atoms with Crippen LogP contribution in [0.4, 0.5) is 0 Å². The number of hydrogen-bond acceptors (Lipinski definition) is 0. The molecule has 0 amide bonds. The van der Waals surface area contributed by atoms with Gasteiger partial charge < -0.3 is 0 Å². The summed E-state index contributed by atoms with van der Waals surface area (Å²) in [5.74, 6) is 0. The van der Waals surface area contributed by atoms with Gasteiger partial charge in [0, 0.05) is 0 Å². The van der Waals surface area contributed by atoms with Crippen molar-refractivity contribution in [1.82, 2.24) is 0 Å². The van der Waals surface area contributed by atoms with Crippen molar-refractivity contribution in [1.29, 1.82) is 0 Å². The minimum Gasteiger partial charge on any atom is -0.0613 e. The van der Waals surface area contributed by atoms with E-state index in [-0.39, 0.29) is 0 Å². The van der Waals surface area contributed by atoms with Gasteiger partial charge >= 0.3 is 0 Å². The first-order valence-corrected chi connectivity index (χ1v) is 4.73. The summed E-state index contributed by atoms with van der Waals surface area (Å²) < 4.78 is 0. The van der Waals surface area contributed by atoms with Crippen LogP contribution in [0.2, 0.25) is 0 Å². The van der Waals surface area contributed by atoms with Crippen LogP contribution >= 0.6 is 0 Å². The Morgan fingerprint density at radius 2 is 1.92 bits per heavy atom. The minimum atomic E-state index is 1.13. The van der Waals surface area contributed by atoms with Crippen molar-refractivity contribution in [2.24, 2.45) is 0 Å². The molecule has 1 radical (unpaired) electrons. The van der Waals surface area contributed by atoms with Crippen molar-refractivity contribution in [3.63, 3.8) is 0 Å². The van der Waals surface area contributed by atoms with Gasteiger partial charge in [-0.05, 0) is 36.0 Å². The summed E-state index contributed by atoms with van der Waals surface area (Å²) in [4.78, 5) is 0. The predicted octanol–water partition coefficient (Wildman–Crippen LogP) is 3.38. The highest BCUT2D eigenvalue weighted by molar-refractivity contribution is 5.36. The molecule has 65 valence electrons. The van der Waals surface area contributed by atoms with Crippen molar-refractivity contribution in [3.05, 3.63) is 41.3 Å². The van der Waals surface area contributed by atoms with Crippen LogP contribution < -0.4 is 0 Å². The Morgan fingerprint density at radius 3 is 2.42 bits per heavy atom. The molecule has 0 spiro atoms. The summed E-state index contributed by atoms with van der Waals surface area (Å²) in [5, 5.41) is 0. The maximum absolute atomic E-state index is 2.31. The molecule has 0 bridgehead atoms. The van der Waals surface area contributed by atoms with Crippen LogP contribution in [0.3, 0.4) is 0 Å². The Balaban J connectivity index is 3.02. The second-order valence-corrected chi connectivity index (χ2v) is 3.03. The highest BCUT2D eigenvalue weighted by Crippen LogP contribution is 2.14. The molecular weight excluding hydrogens is 144 g/mol. The highest BCUT2D eigenvalue weighted by Gasteiger charge is 1.98. The van der Waals surface area contributed by atoms with E-state index in [0.717, 1.165) is 12.8 Å². The summed E-state index contributed by atoms with van der Waals surface area (Å²) in [5.41, 5.74) is 4.30. The highest BCUT2D eigenvalue weighted by atomic mass is 14.0.